The molecule has 31 heavy (non-hydrogen) atoms. The first-order valence-electron chi connectivity index (χ1n) is 10.6. The molecule has 1 aliphatic heterocycles. The number of carbonyl (C=O) groups is 1. The van der Waals surface area contributed by atoms with Crippen LogP contribution in [0.5, 0.6) is 0 Å². The lowest BCUT2D eigenvalue weighted by molar-refractivity contribution is 0.102. The van der Waals surface area contributed by atoms with Crippen LogP contribution in [-0.2, 0) is 5.41 Å². The highest BCUT2D eigenvalue weighted by atomic mass is 19.1. The molecule has 6 heteroatoms. The fourth-order valence-electron chi connectivity index (χ4n) is 3.95. The van der Waals surface area contributed by atoms with E-state index in [1.54, 1.807) is 6.92 Å². The van der Waals surface area contributed by atoms with Gasteiger partial charge in [0, 0.05) is 42.1 Å². The molecule has 160 valence electrons. The zero-order valence-corrected chi connectivity index (χ0v) is 18.2. The van der Waals surface area contributed by atoms with E-state index in [4.69, 9.17) is 4.98 Å². The number of nitrogens with zero attached hydrogens (tertiary/aromatic N) is 3. The number of amides is 1. The van der Waals surface area contributed by atoms with Crippen LogP contribution in [0.1, 0.15) is 53.7 Å². The maximum absolute atomic E-state index is 13.7. The minimum absolute atomic E-state index is 0.230. The fraction of sp³-hybridized carbons (Fsp3) is 0.320. The first kappa shape index (κ1) is 21.0. The molecule has 0 spiro atoms. The summed E-state index contributed by atoms with van der Waals surface area (Å²) in [6, 6.07) is 12.0. The quantitative estimate of drug-likeness (QED) is 0.626. The summed E-state index contributed by atoms with van der Waals surface area (Å²) in [5.41, 5.74) is 3.18. The topological polar surface area (TPSA) is 58.1 Å². The van der Waals surface area contributed by atoms with E-state index in [9.17, 15) is 9.18 Å². The summed E-state index contributed by atoms with van der Waals surface area (Å²) in [5.74, 6) is 0.171. The maximum atomic E-state index is 13.7. The summed E-state index contributed by atoms with van der Waals surface area (Å²) in [4.78, 5) is 23.3. The van der Waals surface area contributed by atoms with E-state index in [-0.39, 0.29) is 22.4 Å². The molecule has 0 unspecified atom stereocenters. The number of nitrogens with one attached hydrogen (secondary N) is 1. The van der Waals surface area contributed by atoms with E-state index in [1.807, 2.05) is 30.5 Å². The molecule has 4 rings (SSSR count). The molecular weight excluding hydrogens is 391 g/mol. The second kappa shape index (κ2) is 8.46. The predicted molar refractivity (Wildman–Crippen MR) is 121 cm³/mol. The monoisotopic (exact) mass is 418 g/mol. The lowest BCUT2D eigenvalue weighted by Crippen LogP contribution is -2.22. The number of carbonyl (C=O) groups excluding carboxylic acids is 1. The van der Waals surface area contributed by atoms with Crippen LogP contribution in [0.3, 0.4) is 0 Å². The van der Waals surface area contributed by atoms with Gasteiger partial charge < -0.3 is 10.2 Å². The average molecular weight is 419 g/mol. The Kier molecular flexibility index (Phi) is 5.72. The van der Waals surface area contributed by atoms with Gasteiger partial charge in [-0.2, -0.15) is 0 Å². The molecule has 0 radical (unpaired) electrons. The lowest BCUT2D eigenvalue weighted by atomic mass is 9.79. The number of benzene rings is 1. The summed E-state index contributed by atoms with van der Waals surface area (Å²) in [7, 11) is 0. The summed E-state index contributed by atoms with van der Waals surface area (Å²) >= 11 is 0. The first-order chi connectivity index (χ1) is 14.9. The van der Waals surface area contributed by atoms with Gasteiger partial charge in [0.25, 0.3) is 5.91 Å². The molecule has 0 aliphatic carbocycles. The minimum atomic E-state index is -0.492. The van der Waals surface area contributed by atoms with E-state index in [0.29, 0.717) is 5.69 Å². The molecule has 5 nitrogen and oxygen atoms in total. The molecule has 3 aromatic rings. The average Bonchev–Trinajstić information content (AvgIpc) is 3.31. The number of aromatic nitrogens is 2. The molecule has 2 aromatic heterocycles. The van der Waals surface area contributed by atoms with Crippen LogP contribution in [0.25, 0.3) is 0 Å². The predicted octanol–water partition coefficient (Wildman–Crippen LogP) is 5.10. The number of hydrogen-bond acceptors (Lipinski definition) is 4. The van der Waals surface area contributed by atoms with Gasteiger partial charge in [0.1, 0.15) is 11.6 Å². The van der Waals surface area contributed by atoms with Crippen LogP contribution >= 0.6 is 0 Å². The van der Waals surface area contributed by atoms with Crippen LogP contribution in [-0.4, -0.2) is 29.0 Å². The molecule has 0 atom stereocenters. The zero-order valence-electron chi connectivity index (χ0n) is 18.2. The SMILES string of the molecule is Cc1c(F)cncc1C(=O)Nc1ccc(C(C)(C)c2ccc(N3CCCC3)nc2)cc1. The van der Waals surface area contributed by atoms with Crippen molar-refractivity contribution < 1.29 is 9.18 Å². The third-order valence-corrected chi connectivity index (χ3v) is 6.16. The smallest absolute Gasteiger partial charge is 0.257 e. The summed E-state index contributed by atoms with van der Waals surface area (Å²) in [5, 5.41) is 2.82. The zero-order chi connectivity index (χ0) is 22.0. The van der Waals surface area contributed by atoms with Crippen molar-refractivity contribution in [1.29, 1.82) is 0 Å². The maximum Gasteiger partial charge on any atom is 0.257 e. The number of rotatable bonds is 5. The van der Waals surface area contributed by atoms with E-state index in [2.05, 4.69) is 41.2 Å². The molecule has 1 aliphatic rings. The lowest BCUT2D eigenvalue weighted by Gasteiger charge is -2.27. The van der Waals surface area contributed by atoms with E-state index in [1.165, 1.54) is 19.0 Å². The molecule has 0 bridgehead atoms. The van der Waals surface area contributed by atoms with Gasteiger partial charge in [-0.25, -0.2) is 9.37 Å². The Hall–Kier alpha value is -3.28. The molecule has 1 amide bonds. The first-order valence-corrected chi connectivity index (χ1v) is 10.6. The van der Waals surface area contributed by atoms with Gasteiger partial charge in [0.2, 0.25) is 0 Å². The van der Waals surface area contributed by atoms with E-state index >= 15 is 0 Å². The largest absolute Gasteiger partial charge is 0.357 e. The highest BCUT2D eigenvalue weighted by Crippen LogP contribution is 2.32. The highest BCUT2D eigenvalue weighted by molar-refractivity contribution is 6.05. The van der Waals surface area contributed by atoms with Crippen molar-refractivity contribution in [1.82, 2.24) is 9.97 Å². The second-order valence-electron chi connectivity index (χ2n) is 8.55. The third-order valence-electron chi connectivity index (χ3n) is 6.16. The molecule has 0 saturated carbocycles. The van der Waals surface area contributed by atoms with Gasteiger partial charge in [-0.1, -0.05) is 32.0 Å². The Balaban J connectivity index is 1.49. The highest BCUT2D eigenvalue weighted by Gasteiger charge is 2.24. The van der Waals surface area contributed by atoms with Crippen LogP contribution < -0.4 is 10.2 Å². The van der Waals surface area contributed by atoms with E-state index < -0.39 is 5.82 Å². The van der Waals surface area contributed by atoms with Crippen molar-refractivity contribution in [3.63, 3.8) is 0 Å². The Bertz CT molecular complexity index is 1070. The van der Waals surface area contributed by atoms with Crippen LogP contribution in [0.2, 0.25) is 0 Å². The van der Waals surface area contributed by atoms with Crippen LogP contribution in [0, 0.1) is 12.7 Å². The summed E-state index contributed by atoms with van der Waals surface area (Å²) in [6.45, 7) is 8.05. The van der Waals surface area contributed by atoms with Gasteiger partial charge in [0.15, 0.2) is 0 Å². The number of anilines is 2. The summed E-state index contributed by atoms with van der Waals surface area (Å²) < 4.78 is 13.7. The standard InChI is InChI=1S/C25H27FN4O/c1-17-21(15-27-16-22(17)26)24(31)29-20-9-6-18(7-10-20)25(2,3)19-8-11-23(28-14-19)30-12-4-5-13-30/h6-11,14-16H,4-5,12-13H2,1-3H3,(H,29,31). The van der Waals surface area contributed by atoms with Gasteiger partial charge in [0.05, 0.1) is 11.8 Å². The van der Waals surface area contributed by atoms with Gasteiger partial charge in [-0.3, -0.25) is 9.78 Å². The van der Waals surface area contributed by atoms with Crippen molar-refractivity contribution >= 4 is 17.4 Å². The summed E-state index contributed by atoms with van der Waals surface area (Å²) in [6.07, 6.45) is 6.91. The van der Waals surface area contributed by atoms with Crippen LogP contribution in [0.4, 0.5) is 15.9 Å². The molecule has 1 aromatic carbocycles. The Morgan fingerprint density at radius 3 is 2.32 bits per heavy atom. The van der Waals surface area contributed by atoms with Crippen molar-refractivity contribution in [2.24, 2.45) is 0 Å². The molecule has 1 N–H and O–H groups in total. The van der Waals surface area contributed by atoms with Crippen LogP contribution in [0.15, 0.2) is 55.0 Å². The van der Waals surface area contributed by atoms with Gasteiger partial charge in [-0.05, 0) is 49.1 Å². The number of pyridine rings is 2. The molecule has 3 heterocycles. The Morgan fingerprint density at radius 2 is 1.68 bits per heavy atom. The number of hydrogen-bond donors (Lipinski definition) is 1. The molecule has 1 fully saturated rings. The number of halogens is 1. The second-order valence-corrected chi connectivity index (χ2v) is 8.55. The minimum Gasteiger partial charge on any atom is -0.357 e. The van der Waals surface area contributed by atoms with Gasteiger partial charge >= 0.3 is 0 Å². The van der Waals surface area contributed by atoms with Crippen molar-refractivity contribution in [3.8, 4) is 0 Å². The fourth-order valence-corrected chi connectivity index (χ4v) is 3.95. The van der Waals surface area contributed by atoms with Crippen molar-refractivity contribution in [2.75, 3.05) is 23.3 Å². The van der Waals surface area contributed by atoms with E-state index in [0.717, 1.165) is 36.2 Å². The normalized spacial score (nSPS) is 14.0. The van der Waals surface area contributed by atoms with Crippen molar-refractivity contribution in [3.05, 3.63) is 83.1 Å². The van der Waals surface area contributed by atoms with Gasteiger partial charge in [-0.15, -0.1) is 0 Å². The molecular formula is C25H27FN4O. The Labute approximate surface area is 182 Å². The Morgan fingerprint density at radius 1 is 1.00 bits per heavy atom. The van der Waals surface area contributed by atoms with Crippen molar-refractivity contribution in [2.45, 2.75) is 39.0 Å². The third kappa shape index (κ3) is 4.29. The molecule has 1 saturated heterocycles.